The van der Waals surface area contributed by atoms with Gasteiger partial charge in [0.05, 0.1) is 10.2 Å². The highest BCUT2D eigenvalue weighted by Gasteiger charge is 2.22. The molecular weight excluding hydrogens is 430 g/mol. The molecule has 1 heterocycles. The van der Waals surface area contributed by atoms with E-state index in [9.17, 15) is 4.79 Å². The zero-order chi connectivity index (χ0) is 21.7. The van der Waals surface area contributed by atoms with Crippen molar-refractivity contribution in [1.29, 1.82) is 0 Å². The summed E-state index contributed by atoms with van der Waals surface area (Å²) in [5, 5.41) is 0.740. The van der Waals surface area contributed by atoms with Crippen molar-refractivity contribution in [1.82, 2.24) is 9.88 Å². The zero-order valence-corrected chi connectivity index (χ0v) is 20.6. The van der Waals surface area contributed by atoms with Gasteiger partial charge >= 0.3 is 0 Å². The van der Waals surface area contributed by atoms with Gasteiger partial charge in [-0.15, -0.1) is 12.4 Å². The molecule has 0 fully saturated rings. The zero-order valence-electron chi connectivity index (χ0n) is 19.0. The van der Waals surface area contributed by atoms with Crippen molar-refractivity contribution < 1.29 is 9.53 Å². The van der Waals surface area contributed by atoms with Crippen LogP contribution in [0, 0.1) is 20.8 Å². The number of hydrogen-bond acceptors (Lipinski definition) is 5. The molecule has 1 aromatic heterocycles. The minimum atomic E-state index is -0.0705. The molecule has 7 heteroatoms. The average molecular weight is 462 g/mol. The predicted octanol–water partition coefficient (Wildman–Crippen LogP) is 5.40. The van der Waals surface area contributed by atoms with Gasteiger partial charge in [-0.2, -0.15) is 0 Å². The minimum Gasteiger partial charge on any atom is -0.483 e. The number of anilines is 1. The fraction of sp³-hybridized carbons (Fsp3) is 0.417. The molecule has 0 bridgehead atoms. The lowest BCUT2D eigenvalue weighted by molar-refractivity contribution is -0.120. The van der Waals surface area contributed by atoms with Gasteiger partial charge in [-0.1, -0.05) is 49.4 Å². The van der Waals surface area contributed by atoms with Crippen molar-refractivity contribution in [2.45, 2.75) is 34.6 Å². The Morgan fingerprint density at radius 2 is 1.74 bits per heavy atom. The second-order valence-corrected chi connectivity index (χ2v) is 8.53. The average Bonchev–Trinajstić information content (AvgIpc) is 3.14. The number of aromatic nitrogens is 1. The Kier molecular flexibility index (Phi) is 9.29. The fourth-order valence-electron chi connectivity index (χ4n) is 3.52. The number of carbonyl (C=O) groups excluding carboxylic acids is 1. The van der Waals surface area contributed by atoms with Crippen LogP contribution in [-0.4, -0.2) is 48.6 Å². The maximum Gasteiger partial charge on any atom is 0.266 e. The summed E-state index contributed by atoms with van der Waals surface area (Å²) < 4.78 is 6.98. The summed E-state index contributed by atoms with van der Waals surface area (Å²) in [6.45, 7) is 13.7. The van der Waals surface area contributed by atoms with E-state index in [4.69, 9.17) is 9.72 Å². The molecular formula is C24H32ClN3O2S. The Bertz CT molecular complexity index is 1020. The number of fused-ring (bicyclic) bond motifs is 1. The number of benzene rings is 2. The van der Waals surface area contributed by atoms with Gasteiger partial charge in [0.25, 0.3) is 5.91 Å². The van der Waals surface area contributed by atoms with Gasteiger partial charge in [0, 0.05) is 13.1 Å². The molecule has 0 unspecified atom stereocenters. The first kappa shape index (κ1) is 25.1. The first-order chi connectivity index (χ1) is 14.4. The van der Waals surface area contributed by atoms with Gasteiger partial charge in [0.15, 0.2) is 11.7 Å². The van der Waals surface area contributed by atoms with E-state index < -0.39 is 0 Å². The van der Waals surface area contributed by atoms with Crippen LogP contribution in [0.5, 0.6) is 5.75 Å². The maximum atomic E-state index is 13.2. The van der Waals surface area contributed by atoms with Crippen LogP contribution in [0.1, 0.15) is 30.5 Å². The van der Waals surface area contributed by atoms with Crippen molar-refractivity contribution in [3.8, 4) is 5.75 Å². The van der Waals surface area contributed by atoms with Crippen molar-refractivity contribution in [2.75, 3.05) is 37.7 Å². The number of nitrogens with zero attached hydrogens (tertiary/aromatic N) is 3. The van der Waals surface area contributed by atoms with E-state index in [-0.39, 0.29) is 24.9 Å². The number of likely N-dealkylation sites (N-methyl/N-ethyl adjacent to an activating group) is 1. The van der Waals surface area contributed by atoms with Gasteiger partial charge in [-0.05, 0) is 62.7 Å². The molecule has 0 aliphatic rings. The van der Waals surface area contributed by atoms with E-state index in [0.717, 1.165) is 46.3 Å². The van der Waals surface area contributed by atoms with Crippen molar-refractivity contribution in [3.63, 3.8) is 0 Å². The number of rotatable bonds is 9. The van der Waals surface area contributed by atoms with Crippen LogP contribution >= 0.6 is 23.7 Å². The maximum absolute atomic E-state index is 13.2. The van der Waals surface area contributed by atoms with Crippen LogP contribution in [0.2, 0.25) is 0 Å². The standard InChI is InChI=1S/C24H31N3O2S.ClH/c1-6-26(7-2)12-13-27(22(28)16-29-21-11-9-8-10-18(21)4)24-25-20-15-17(3)14-19(5)23(20)30-24;/h8-11,14-15H,6-7,12-13,16H2,1-5H3;1H. The van der Waals surface area contributed by atoms with Gasteiger partial charge in [-0.25, -0.2) is 4.98 Å². The molecule has 0 atom stereocenters. The molecule has 1 amide bonds. The molecule has 168 valence electrons. The molecule has 0 saturated carbocycles. The second kappa shape index (κ2) is 11.5. The largest absolute Gasteiger partial charge is 0.483 e. The van der Waals surface area contributed by atoms with Crippen molar-refractivity contribution in [3.05, 3.63) is 53.1 Å². The van der Waals surface area contributed by atoms with Crippen molar-refractivity contribution in [2.24, 2.45) is 0 Å². The lowest BCUT2D eigenvalue weighted by atomic mass is 10.1. The van der Waals surface area contributed by atoms with E-state index in [1.807, 2.05) is 31.2 Å². The number of carbonyl (C=O) groups is 1. The van der Waals surface area contributed by atoms with E-state index in [1.54, 1.807) is 16.2 Å². The molecule has 3 rings (SSSR count). The Morgan fingerprint density at radius 1 is 1.03 bits per heavy atom. The van der Waals surface area contributed by atoms with Crippen LogP contribution in [0.3, 0.4) is 0 Å². The molecule has 31 heavy (non-hydrogen) atoms. The highest BCUT2D eigenvalue weighted by Crippen LogP contribution is 2.32. The van der Waals surface area contributed by atoms with Crippen LogP contribution < -0.4 is 9.64 Å². The third-order valence-corrected chi connectivity index (χ3v) is 6.55. The van der Waals surface area contributed by atoms with E-state index in [0.29, 0.717) is 6.54 Å². The molecule has 0 radical (unpaired) electrons. The van der Waals surface area contributed by atoms with Crippen LogP contribution in [-0.2, 0) is 4.79 Å². The third kappa shape index (κ3) is 6.19. The monoisotopic (exact) mass is 461 g/mol. The molecule has 0 saturated heterocycles. The van der Waals surface area contributed by atoms with Gasteiger partial charge in [-0.3, -0.25) is 9.69 Å². The number of para-hydroxylation sites is 1. The lowest BCUT2D eigenvalue weighted by Gasteiger charge is -2.24. The van der Waals surface area contributed by atoms with Crippen LogP contribution in [0.25, 0.3) is 10.2 Å². The number of amides is 1. The molecule has 2 aromatic carbocycles. The fourth-order valence-corrected chi connectivity index (χ4v) is 4.58. The molecule has 0 aliphatic carbocycles. The number of ether oxygens (including phenoxy) is 1. The number of aryl methyl sites for hydroxylation is 3. The van der Waals surface area contributed by atoms with Crippen LogP contribution in [0.15, 0.2) is 36.4 Å². The summed E-state index contributed by atoms with van der Waals surface area (Å²) in [7, 11) is 0. The quantitative estimate of drug-likeness (QED) is 0.428. The Hall–Kier alpha value is -2.15. The Morgan fingerprint density at radius 3 is 2.42 bits per heavy atom. The number of halogens is 1. The van der Waals surface area contributed by atoms with Crippen molar-refractivity contribution >= 4 is 45.0 Å². The van der Waals surface area contributed by atoms with Crippen LogP contribution in [0.4, 0.5) is 5.13 Å². The normalized spacial score (nSPS) is 10.9. The van der Waals surface area contributed by atoms with Gasteiger partial charge in [0.1, 0.15) is 5.75 Å². The molecule has 0 spiro atoms. The number of hydrogen-bond donors (Lipinski definition) is 0. The van der Waals surface area contributed by atoms with Gasteiger partial charge < -0.3 is 9.64 Å². The first-order valence-electron chi connectivity index (χ1n) is 10.5. The minimum absolute atomic E-state index is 0. The summed E-state index contributed by atoms with van der Waals surface area (Å²) >= 11 is 1.58. The highest BCUT2D eigenvalue weighted by atomic mass is 35.5. The lowest BCUT2D eigenvalue weighted by Crippen LogP contribution is -2.41. The summed E-state index contributed by atoms with van der Waals surface area (Å²) in [6, 6.07) is 12.0. The summed E-state index contributed by atoms with van der Waals surface area (Å²) in [6.07, 6.45) is 0. The predicted molar refractivity (Wildman–Crippen MR) is 133 cm³/mol. The molecule has 3 aromatic rings. The first-order valence-corrected chi connectivity index (χ1v) is 11.3. The van der Waals surface area contributed by atoms with E-state index >= 15 is 0 Å². The summed E-state index contributed by atoms with van der Waals surface area (Å²) in [5.74, 6) is 0.671. The topological polar surface area (TPSA) is 45.7 Å². The smallest absolute Gasteiger partial charge is 0.266 e. The Balaban J connectivity index is 0.00000341. The molecule has 0 aliphatic heterocycles. The summed E-state index contributed by atoms with van der Waals surface area (Å²) in [5.41, 5.74) is 4.35. The summed E-state index contributed by atoms with van der Waals surface area (Å²) in [4.78, 5) is 22.1. The number of thiazole rings is 1. The highest BCUT2D eigenvalue weighted by molar-refractivity contribution is 7.22. The second-order valence-electron chi connectivity index (χ2n) is 7.55. The molecule has 0 N–H and O–H groups in total. The SMILES string of the molecule is CCN(CC)CCN(C(=O)COc1ccccc1C)c1nc2cc(C)cc(C)c2s1.Cl. The van der Waals surface area contributed by atoms with E-state index in [2.05, 4.69) is 44.7 Å². The Labute approximate surface area is 195 Å². The molecule has 5 nitrogen and oxygen atoms in total. The van der Waals surface area contributed by atoms with E-state index in [1.165, 1.54) is 11.1 Å². The third-order valence-electron chi connectivity index (χ3n) is 5.32. The van der Waals surface area contributed by atoms with Gasteiger partial charge in [0.2, 0.25) is 0 Å².